The summed E-state index contributed by atoms with van der Waals surface area (Å²) in [6, 6.07) is 0. The Balaban J connectivity index is 2.23. The molecular weight excluding hydrogens is 194 g/mol. The van der Waals surface area contributed by atoms with Gasteiger partial charge in [0, 0.05) is 40.2 Å². The Kier molecular flexibility index (Phi) is 5.31. The van der Waals surface area contributed by atoms with E-state index in [0.29, 0.717) is 6.61 Å². The molecule has 86 valence electrons. The minimum absolute atomic E-state index is 0.0928. The minimum atomic E-state index is 0.0928. The number of aryl methyl sites for hydroxylation is 1. The van der Waals surface area contributed by atoms with E-state index in [0.717, 1.165) is 18.9 Å². The first-order valence-corrected chi connectivity index (χ1v) is 4.96. The highest BCUT2D eigenvalue weighted by molar-refractivity contribution is 4.90. The quantitative estimate of drug-likeness (QED) is 0.701. The van der Waals surface area contributed by atoms with Crippen molar-refractivity contribution in [1.29, 1.82) is 0 Å². The molecule has 0 saturated heterocycles. The highest BCUT2D eigenvalue weighted by atomic mass is 16.5. The average molecular weight is 213 g/mol. The molecule has 1 heterocycles. The number of methoxy groups -OCH3 is 2. The van der Waals surface area contributed by atoms with Crippen LogP contribution >= 0.6 is 0 Å². The molecule has 15 heavy (non-hydrogen) atoms. The highest BCUT2D eigenvalue weighted by Crippen LogP contribution is 1.94. The molecule has 1 aromatic heterocycles. The van der Waals surface area contributed by atoms with E-state index in [4.69, 9.17) is 9.47 Å². The SMILES string of the molecule is COCC(CNCc1nccn1C)OC. The largest absolute Gasteiger partial charge is 0.382 e. The van der Waals surface area contributed by atoms with Gasteiger partial charge in [0.15, 0.2) is 0 Å². The van der Waals surface area contributed by atoms with Crippen LogP contribution in [0, 0.1) is 0 Å². The third-order valence-electron chi connectivity index (χ3n) is 2.26. The number of imidazole rings is 1. The predicted molar refractivity (Wildman–Crippen MR) is 57.6 cm³/mol. The predicted octanol–water partition coefficient (Wildman–Crippen LogP) is 0.171. The summed E-state index contributed by atoms with van der Waals surface area (Å²) < 4.78 is 12.2. The molecule has 0 spiro atoms. The molecule has 0 saturated carbocycles. The summed E-state index contributed by atoms with van der Waals surface area (Å²) >= 11 is 0. The van der Waals surface area contributed by atoms with E-state index in [-0.39, 0.29) is 6.10 Å². The van der Waals surface area contributed by atoms with Crippen LogP contribution in [0.1, 0.15) is 5.82 Å². The number of rotatable bonds is 7. The smallest absolute Gasteiger partial charge is 0.122 e. The minimum Gasteiger partial charge on any atom is -0.382 e. The van der Waals surface area contributed by atoms with E-state index in [2.05, 4.69) is 10.3 Å². The molecule has 0 aliphatic carbocycles. The second-order valence-corrected chi connectivity index (χ2v) is 3.40. The van der Waals surface area contributed by atoms with Gasteiger partial charge in [-0.2, -0.15) is 0 Å². The van der Waals surface area contributed by atoms with Crippen molar-refractivity contribution >= 4 is 0 Å². The molecule has 0 aromatic carbocycles. The van der Waals surface area contributed by atoms with Gasteiger partial charge in [0.05, 0.1) is 19.3 Å². The van der Waals surface area contributed by atoms with Crippen molar-refractivity contribution < 1.29 is 9.47 Å². The van der Waals surface area contributed by atoms with Crippen LogP contribution in [-0.4, -0.2) is 43.0 Å². The Morgan fingerprint density at radius 2 is 2.33 bits per heavy atom. The van der Waals surface area contributed by atoms with Crippen molar-refractivity contribution in [3.63, 3.8) is 0 Å². The highest BCUT2D eigenvalue weighted by Gasteiger charge is 2.06. The number of nitrogens with one attached hydrogen (secondary N) is 1. The van der Waals surface area contributed by atoms with Crippen LogP contribution in [0.25, 0.3) is 0 Å². The molecule has 0 amide bonds. The lowest BCUT2D eigenvalue weighted by Gasteiger charge is -2.14. The topological polar surface area (TPSA) is 48.3 Å². The zero-order valence-electron chi connectivity index (χ0n) is 9.56. The van der Waals surface area contributed by atoms with Crippen LogP contribution in [0.15, 0.2) is 12.4 Å². The fraction of sp³-hybridized carbons (Fsp3) is 0.700. The number of hydrogen-bond acceptors (Lipinski definition) is 4. The van der Waals surface area contributed by atoms with Gasteiger partial charge in [0.2, 0.25) is 0 Å². The summed E-state index contributed by atoms with van der Waals surface area (Å²) in [5, 5.41) is 3.28. The first kappa shape index (κ1) is 12.2. The number of nitrogens with zero attached hydrogens (tertiary/aromatic N) is 2. The fourth-order valence-corrected chi connectivity index (χ4v) is 1.31. The lowest BCUT2D eigenvalue weighted by molar-refractivity contribution is 0.0286. The van der Waals surface area contributed by atoms with Crippen molar-refractivity contribution in [3.8, 4) is 0 Å². The Labute approximate surface area is 90.4 Å². The van der Waals surface area contributed by atoms with E-state index in [1.807, 2.05) is 17.8 Å². The molecule has 0 aliphatic rings. The maximum absolute atomic E-state index is 5.23. The summed E-state index contributed by atoms with van der Waals surface area (Å²) in [5.74, 6) is 1.02. The molecular formula is C10H19N3O2. The third-order valence-corrected chi connectivity index (χ3v) is 2.26. The van der Waals surface area contributed by atoms with Gasteiger partial charge in [0.1, 0.15) is 5.82 Å². The summed E-state index contributed by atoms with van der Waals surface area (Å²) in [5.41, 5.74) is 0. The van der Waals surface area contributed by atoms with Crippen LogP contribution in [0.5, 0.6) is 0 Å². The van der Waals surface area contributed by atoms with Gasteiger partial charge in [-0.1, -0.05) is 0 Å². The van der Waals surface area contributed by atoms with E-state index in [1.165, 1.54) is 0 Å². The lowest BCUT2D eigenvalue weighted by atomic mass is 10.3. The fourth-order valence-electron chi connectivity index (χ4n) is 1.31. The second kappa shape index (κ2) is 6.55. The summed E-state index contributed by atoms with van der Waals surface area (Å²) in [7, 11) is 5.34. The molecule has 0 fully saturated rings. The van der Waals surface area contributed by atoms with Gasteiger partial charge < -0.3 is 19.4 Å². The maximum Gasteiger partial charge on any atom is 0.122 e. The number of aromatic nitrogens is 2. The Morgan fingerprint density at radius 3 is 2.87 bits per heavy atom. The molecule has 1 N–H and O–H groups in total. The van der Waals surface area contributed by atoms with E-state index in [9.17, 15) is 0 Å². The average Bonchev–Trinajstić information content (AvgIpc) is 2.63. The van der Waals surface area contributed by atoms with Gasteiger partial charge in [-0.15, -0.1) is 0 Å². The zero-order valence-corrected chi connectivity index (χ0v) is 9.56. The van der Waals surface area contributed by atoms with Crippen LogP contribution < -0.4 is 5.32 Å². The molecule has 0 bridgehead atoms. The van der Waals surface area contributed by atoms with Gasteiger partial charge >= 0.3 is 0 Å². The molecule has 1 aromatic rings. The van der Waals surface area contributed by atoms with Crippen molar-refractivity contribution in [2.45, 2.75) is 12.6 Å². The van der Waals surface area contributed by atoms with Crippen LogP contribution in [0.3, 0.4) is 0 Å². The standard InChI is InChI=1S/C10H19N3O2/c1-13-5-4-12-10(13)7-11-6-9(15-3)8-14-2/h4-5,9,11H,6-8H2,1-3H3. The third kappa shape index (κ3) is 3.99. The molecule has 1 atom stereocenters. The first-order valence-electron chi connectivity index (χ1n) is 4.96. The maximum atomic E-state index is 5.23. The Bertz CT molecular complexity index is 275. The van der Waals surface area contributed by atoms with E-state index >= 15 is 0 Å². The monoisotopic (exact) mass is 213 g/mol. The van der Waals surface area contributed by atoms with Gasteiger partial charge in [-0.05, 0) is 0 Å². The summed E-state index contributed by atoms with van der Waals surface area (Å²) in [4.78, 5) is 4.21. The lowest BCUT2D eigenvalue weighted by Crippen LogP contribution is -2.32. The van der Waals surface area contributed by atoms with Gasteiger partial charge in [-0.25, -0.2) is 4.98 Å². The van der Waals surface area contributed by atoms with Gasteiger partial charge in [-0.3, -0.25) is 0 Å². The van der Waals surface area contributed by atoms with Crippen molar-refractivity contribution in [3.05, 3.63) is 18.2 Å². The Morgan fingerprint density at radius 1 is 1.53 bits per heavy atom. The molecule has 0 aliphatic heterocycles. The zero-order chi connectivity index (χ0) is 11.1. The van der Waals surface area contributed by atoms with E-state index in [1.54, 1.807) is 20.4 Å². The molecule has 5 nitrogen and oxygen atoms in total. The number of hydrogen-bond donors (Lipinski definition) is 1. The van der Waals surface area contributed by atoms with E-state index < -0.39 is 0 Å². The summed E-state index contributed by atoms with van der Waals surface area (Å²) in [6.45, 7) is 2.11. The van der Waals surface area contributed by atoms with Crippen LogP contribution in [0.2, 0.25) is 0 Å². The molecule has 1 rings (SSSR count). The van der Waals surface area contributed by atoms with Crippen molar-refractivity contribution in [2.75, 3.05) is 27.4 Å². The second-order valence-electron chi connectivity index (χ2n) is 3.40. The first-order chi connectivity index (χ1) is 7.27. The summed E-state index contributed by atoms with van der Waals surface area (Å²) in [6.07, 6.45) is 3.82. The van der Waals surface area contributed by atoms with Crippen LogP contribution in [0.4, 0.5) is 0 Å². The molecule has 5 heteroatoms. The van der Waals surface area contributed by atoms with Crippen molar-refractivity contribution in [1.82, 2.24) is 14.9 Å². The van der Waals surface area contributed by atoms with Crippen LogP contribution in [-0.2, 0) is 23.1 Å². The Hall–Kier alpha value is -0.910. The number of ether oxygens (including phenoxy) is 2. The molecule has 0 radical (unpaired) electrons. The molecule has 1 unspecified atom stereocenters. The normalized spacial score (nSPS) is 13.0. The van der Waals surface area contributed by atoms with Gasteiger partial charge in [0.25, 0.3) is 0 Å². The van der Waals surface area contributed by atoms with Crippen molar-refractivity contribution in [2.24, 2.45) is 7.05 Å².